The van der Waals surface area contributed by atoms with Gasteiger partial charge in [-0.05, 0) is 80.9 Å². The molecule has 0 unspecified atom stereocenters. The van der Waals surface area contributed by atoms with Crippen LogP contribution in [-0.2, 0) is 6.54 Å². The van der Waals surface area contributed by atoms with Gasteiger partial charge >= 0.3 is 0 Å². The van der Waals surface area contributed by atoms with Gasteiger partial charge in [0.1, 0.15) is 0 Å². The van der Waals surface area contributed by atoms with Gasteiger partial charge in [0.15, 0.2) is 5.69 Å². The van der Waals surface area contributed by atoms with E-state index in [1.54, 1.807) is 0 Å². The zero-order chi connectivity index (χ0) is 27.9. The molecule has 3 aromatic rings. The molecular formula is C32H41N7O. The number of H-pyrrole nitrogens is 1. The first-order valence-corrected chi connectivity index (χ1v) is 14.4. The van der Waals surface area contributed by atoms with Gasteiger partial charge in [0.05, 0.1) is 5.52 Å². The molecule has 2 saturated heterocycles. The van der Waals surface area contributed by atoms with Crippen molar-refractivity contribution in [1.82, 2.24) is 35.2 Å². The van der Waals surface area contributed by atoms with Gasteiger partial charge in [0.25, 0.3) is 5.91 Å². The lowest BCUT2D eigenvalue weighted by Gasteiger charge is -2.32. The molecule has 0 bridgehead atoms. The molecule has 4 heterocycles. The molecule has 0 radical (unpaired) electrons. The molecule has 1 amide bonds. The minimum absolute atomic E-state index is 0.240. The van der Waals surface area contributed by atoms with Crippen LogP contribution in [0.15, 0.2) is 72.7 Å². The van der Waals surface area contributed by atoms with E-state index in [1.165, 1.54) is 24.8 Å². The van der Waals surface area contributed by atoms with Crippen molar-refractivity contribution < 1.29 is 4.79 Å². The Morgan fingerprint density at radius 2 is 1.82 bits per heavy atom. The fourth-order valence-corrected chi connectivity index (χ4v) is 5.49. The van der Waals surface area contributed by atoms with Crippen LogP contribution in [0.1, 0.15) is 42.2 Å². The number of amides is 1. The quantitative estimate of drug-likeness (QED) is 0.387. The topological polar surface area (TPSA) is 80.4 Å². The number of fused-ring (bicyclic) bond motifs is 1. The van der Waals surface area contributed by atoms with Crippen molar-refractivity contribution in [3.8, 4) is 11.1 Å². The van der Waals surface area contributed by atoms with Crippen molar-refractivity contribution in [3.05, 3.63) is 84.0 Å². The highest BCUT2D eigenvalue weighted by atomic mass is 16.2. The van der Waals surface area contributed by atoms with E-state index in [9.17, 15) is 4.79 Å². The molecule has 40 heavy (non-hydrogen) atoms. The number of likely N-dealkylation sites (N-methyl/N-ethyl adjacent to an activating group) is 1. The third-order valence-corrected chi connectivity index (χ3v) is 7.94. The highest BCUT2D eigenvalue weighted by Crippen LogP contribution is 2.26. The van der Waals surface area contributed by atoms with Crippen LogP contribution in [0.2, 0.25) is 0 Å². The Morgan fingerprint density at radius 3 is 2.58 bits per heavy atom. The summed E-state index contributed by atoms with van der Waals surface area (Å²) in [5.41, 5.74) is 6.27. The van der Waals surface area contributed by atoms with Crippen LogP contribution in [-0.4, -0.2) is 88.6 Å². The van der Waals surface area contributed by atoms with Crippen LogP contribution in [0.5, 0.6) is 0 Å². The number of likely N-dealkylation sites (tertiary alicyclic amines) is 1. The molecule has 8 nitrogen and oxygen atoms in total. The number of piperazine rings is 1. The normalized spacial score (nSPS) is 18.2. The van der Waals surface area contributed by atoms with Crippen LogP contribution < -0.4 is 5.32 Å². The SMILES string of the molecule is C=C/C(=C\C(=C/C)NC(=O)c1n[nH]c2ccc(-c3cncc(CN4CCN(C)CC4)c3)cc12)CN1CCCCC1. The Morgan fingerprint density at radius 1 is 1.02 bits per heavy atom. The number of rotatable bonds is 9. The predicted molar refractivity (Wildman–Crippen MR) is 162 cm³/mol. The van der Waals surface area contributed by atoms with Gasteiger partial charge in [-0.2, -0.15) is 5.10 Å². The average Bonchev–Trinajstić information content (AvgIpc) is 3.42. The number of benzene rings is 1. The van der Waals surface area contributed by atoms with Crippen molar-refractivity contribution in [2.45, 2.75) is 32.7 Å². The fraction of sp³-hybridized carbons (Fsp3) is 0.406. The summed E-state index contributed by atoms with van der Waals surface area (Å²) in [6, 6.07) is 8.26. The molecule has 2 aliphatic heterocycles. The molecule has 210 valence electrons. The first-order valence-electron chi connectivity index (χ1n) is 14.4. The molecule has 2 fully saturated rings. The van der Waals surface area contributed by atoms with Crippen LogP contribution in [0.3, 0.4) is 0 Å². The second kappa shape index (κ2) is 13.2. The van der Waals surface area contributed by atoms with Gasteiger partial charge in [0, 0.05) is 68.3 Å². The zero-order valence-electron chi connectivity index (χ0n) is 23.8. The van der Waals surface area contributed by atoms with Crippen molar-refractivity contribution in [3.63, 3.8) is 0 Å². The molecule has 2 aromatic heterocycles. The van der Waals surface area contributed by atoms with E-state index in [2.05, 4.69) is 61.0 Å². The number of nitrogens with zero attached hydrogens (tertiary/aromatic N) is 5. The Hall–Kier alpha value is -3.59. The van der Waals surface area contributed by atoms with Gasteiger partial charge in [-0.15, -0.1) is 0 Å². The van der Waals surface area contributed by atoms with Crippen LogP contribution in [0, 0.1) is 0 Å². The molecule has 8 heteroatoms. The molecule has 2 N–H and O–H groups in total. The molecule has 2 aliphatic rings. The standard InChI is InChI=1S/C32H41N7O/c1-4-24(22-38-11-7-6-8-12-38)18-28(5-2)34-32(40)31-29-19-26(9-10-30(29)35-36-31)27-17-25(20-33-21-27)23-39-15-13-37(3)14-16-39/h4-5,9-10,17-21H,1,6-8,11-16,22-23H2,2-3H3,(H,34,40)(H,35,36)/b24-18+,28-5+. The van der Waals surface area contributed by atoms with E-state index in [0.717, 1.165) is 85.7 Å². The van der Waals surface area contributed by atoms with E-state index in [-0.39, 0.29) is 5.91 Å². The monoisotopic (exact) mass is 539 g/mol. The summed E-state index contributed by atoms with van der Waals surface area (Å²) in [5, 5.41) is 11.2. The van der Waals surface area contributed by atoms with Gasteiger partial charge < -0.3 is 10.2 Å². The maximum atomic E-state index is 13.4. The average molecular weight is 540 g/mol. The smallest absolute Gasteiger partial charge is 0.276 e. The Bertz CT molecular complexity index is 1390. The Balaban J connectivity index is 1.31. The lowest BCUT2D eigenvalue weighted by Crippen LogP contribution is -2.43. The number of allylic oxidation sites excluding steroid dienone is 2. The minimum Gasteiger partial charge on any atom is -0.321 e. The molecule has 0 aliphatic carbocycles. The van der Waals surface area contributed by atoms with Crippen LogP contribution >= 0.6 is 0 Å². The van der Waals surface area contributed by atoms with Gasteiger partial charge in [-0.25, -0.2) is 0 Å². The van der Waals surface area contributed by atoms with E-state index in [4.69, 9.17) is 0 Å². The van der Waals surface area contributed by atoms with Gasteiger partial charge in [-0.1, -0.05) is 31.2 Å². The number of aromatic nitrogens is 3. The van der Waals surface area contributed by atoms with E-state index < -0.39 is 0 Å². The maximum Gasteiger partial charge on any atom is 0.276 e. The number of hydrogen-bond acceptors (Lipinski definition) is 6. The number of piperidine rings is 1. The molecule has 0 spiro atoms. The molecule has 0 saturated carbocycles. The largest absolute Gasteiger partial charge is 0.321 e. The van der Waals surface area contributed by atoms with E-state index in [1.807, 2.05) is 49.7 Å². The second-order valence-electron chi connectivity index (χ2n) is 11.0. The number of nitrogens with one attached hydrogen (secondary N) is 2. The highest BCUT2D eigenvalue weighted by molar-refractivity contribution is 6.06. The number of carbonyl (C=O) groups is 1. The number of carbonyl (C=O) groups excluding carboxylic acids is 1. The molecule has 0 atom stereocenters. The minimum atomic E-state index is -0.240. The summed E-state index contributed by atoms with van der Waals surface area (Å²) in [7, 11) is 2.17. The number of hydrogen-bond donors (Lipinski definition) is 2. The summed E-state index contributed by atoms with van der Waals surface area (Å²) in [6.07, 6.45) is 13.4. The number of pyridine rings is 1. The summed E-state index contributed by atoms with van der Waals surface area (Å²) < 4.78 is 0. The van der Waals surface area contributed by atoms with Crippen molar-refractivity contribution in [2.75, 3.05) is 52.9 Å². The van der Waals surface area contributed by atoms with Crippen LogP contribution in [0.25, 0.3) is 22.0 Å². The highest BCUT2D eigenvalue weighted by Gasteiger charge is 2.18. The van der Waals surface area contributed by atoms with Gasteiger partial charge in [-0.3, -0.25) is 24.7 Å². The zero-order valence-corrected chi connectivity index (χ0v) is 23.8. The van der Waals surface area contributed by atoms with E-state index >= 15 is 0 Å². The molecular weight excluding hydrogens is 498 g/mol. The first kappa shape index (κ1) is 28.0. The third-order valence-electron chi connectivity index (χ3n) is 7.94. The summed E-state index contributed by atoms with van der Waals surface area (Å²) in [4.78, 5) is 25.2. The van der Waals surface area contributed by atoms with Crippen molar-refractivity contribution >= 4 is 16.8 Å². The second-order valence-corrected chi connectivity index (χ2v) is 11.0. The first-order chi connectivity index (χ1) is 19.5. The van der Waals surface area contributed by atoms with E-state index in [0.29, 0.717) is 5.69 Å². The van der Waals surface area contributed by atoms with Crippen molar-refractivity contribution in [2.24, 2.45) is 0 Å². The van der Waals surface area contributed by atoms with Gasteiger partial charge in [0.2, 0.25) is 0 Å². The molecule has 5 rings (SSSR count). The Labute approximate surface area is 237 Å². The number of aromatic amines is 1. The summed E-state index contributed by atoms with van der Waals surface area (Å²) >= 11 is 0. The van der Waals surface area contributed by atoms with Crippen molar-refractivity contribution in [1.29, 1.82) is 0 Å². The maximum absolute atomic E-state index is 13.4. The lowest BCUT2D eigenvalue weighted by molar-refractivity contribution is 0.0963. The summed E-state index contributed by atoms with van der Waals surface area (Å²) in [5.74, 6) is -0.240. The third kappa shape index (κ3) is 6.94. The fourth-order valence-electron chi connectivity index (χ4n) is 5.49. The summed E-state index contributed by atoms with van der Waals surface area (Å²) in [6.45, 7) is 14.2. The molecule has 1 aromatic carbocycles. The van der Waals surface area contributed by atoms with Crippen LogP contribution in [0.4, 0.5) is 0 Å². The Kier molecular flexibility index (Phi) is 9.21. The predicted octanol–water partition coefficient (Wildman–Crippen LogP) is 4.60. The lowest BCUT2D eigenvalue weighted by atomic mass is 10.0.